The Balaban J connectivity index is 2.21. The summed E-state index contributed by atoms with van der Waals surface area (Å²) < 4.78 is 11.1. The molecule has 1 fully saturated rings. The van der Waals surface area contributed by atoms with Gasteiger partial charge in [-0.05, 0) is 57.4 Å². The number of carboxylic acid groups (broad SMARTS) is 1. The van der Waals surface area contributed by atoms with Crippen LogP contribution in [-0.4, -0.2) is 60.6 Å². The molecule has 0 radical (unpaired) electrons. The molecule has 2 N–H and O–H groups in total. The first-order valence-corrected chi connectivity index (χ1v) is 10.2. The van der Waals surface area contributed by atoms with Gasteiger partial charge in [-0.15, -0.1) is 0 Å². The SMILES string of the molecule is CN(CC(NC(=O)O)[C@H](Cc1ccccc1)[C@H]1CCCOC1)C(=O)OC(C)(C)C. The van der Waals surface area contributed by atoms with E-state index >= 15 is 0 Å². The Morgan fingerprint density at radius 1 is 1.31 bits per heavy atom. The molecule has 1 saturated heterocycles. The Hall–Kier alpha value is -2.28. The molecule has 3 atom stereocenters. The molecular weight excluding hydrogens is 372 g/mol. The van der Waals surface area contributed by atoms with E-state index in [1.54, 1.807) is 7.05 Å². The summed E-state index contributed by atoms with van der Waals surface area (Å²) in [6.07, 6.45) is 1.08. The van der Waals surface area contributed by atoms with Gasteiger partial charge in [0.1, 0.15) is 5.60 Å². The van der Waals surface area contributed by atoms with Crippen LogP contribution in [0.25, 0.3) is 0 Å². The van der Waals surface area contributed by atoms with Crippen LogP contribution in [0.3, 0.4) is 0 Å². The number of nitrogens with zero attached hydrogens (tertiary/aromatic N) is 1. The smallest absolute Gasteiger partial charge is 0.410 e. The van der Waals surface area contributed by atoms with Gasteiger partial charge in [-0.2, -0.15) is 0 Å². The van der Waals surface area contributed by atoms with Crippen molar-refractivity contribution in [2.45, 2.75) is 51.7 Å². The standard InChI is InChI=1S/C22H34N2O5/c1-22(2,3)29-21(27)24(4)14-19(23-20(25)26)18(17-11-8-12-28-15-17)13-16-9-6-5-7-10-16/h5-7,9-10,17-19,23H,8,11-15H2,1-4H3,(H,25,26)/t17-,18+,19?/m0/s1. The molecule has 1 aliphatic rings. The van der Waals surface area contributed by atoms with Gasteiger partial charge in [0.05, 0.1) is 6.04 Å². The second-order valence-electron chi connectivity index (χ2n) is 8.75. The van der Waals surface area contributed by atoms with E-state index < -0.39 is 23.8 Å². The maximum atomic E-state index is 12.4. The van der Waals surface area contributed by atoms with E-state index in [9.17, 15) is 14.7 Å². The summed E-state index contributed by atoms with van der Waals surface area (Å²) in [5, 5.41) is 12.1. The van der Waals surface area contributed by atoms with Crippen LogP contribution in [0, 0.1) is 11.8 Å². The van der Waals surface area contributed by atoms with E-state index in [1.165, 1.54) is 4.90 Å². The maximum Gasteiger partial charge on any atom is 0.410 e. The number of rotatable bonds is 7. The summed E-state index contributed by atoms with van der Waals surface area (Å²) in [7, 11) is 1.64. The van der Waals surface area contributed by atoms with Crippen molar-refractivity contribution in [2.24, 2.45) is 11.8 Å². The van der Waals surface area contributed by atoms with Gasteiger partial charge in [-0.1, -0.05) is 30.3 Å². The minimum Gasteiger partial charge on any atom is -0.465 e. The Kier molecular flexibility index (Phi) is 8.32. The Morgan fingerprint density at radius 3 is 2.55 bits per heavy atom. The molecule has 7 nitrogen and oxygen atoms in total. The van der Waals surface area contributed by atoms with Gasteiger partial charge >= 0.3 is 12.2 Å². The van der Waals surface area contributed by atoms with Gasteiger partial charge in [-0.25, -0.2) is 9.59 Å². The molecule has 29 heavy (non-hydrogen) atoms. The fraction of sp³-hybridized carbons (Fsp3) is 0.636. The van der Waals surface area contributed by atoms with E-state index in [1.807, 2.05) is 51.1 Å². The van der Waals surface area contributed by atoms with Crippen LogP contribution >= 0.6 is 0 Å². The number of likely N-dealkylation sites (N-methyl/N-ethyl adjacent to an activating group) is 1. The first kappa shape index (κ1) is 23.0. The molecule has 1 aromatic carbocycles. The van der Waals surface area contributed by atoms with E-state index in [-0.39, 0.29) is 18.4 Å². The average Bonchev–Trinajstić information content (AvgIpc) is 2.65. The van der Waals surface area contributed by atoms with Crippen molar-refractivity contribution in [3.63, 3.8) is 0 Å². The maximum absolute atomic E-state index is 12.4. The Bertz CT molecular complexity index is 653. The molecule has 0 spiro atoms. The summed E-state index contributed by atoms with van der Waals surface area (Å²) >= 11 is 0. The topological polar surface area (TPSA) is 88.1 Å². The van der Waals surface area contributed by atoms with E-state index in [0.717, 1.165) is 25.0 Å². The molecule has 162 valence electrons. The molecule has 2 rings (SSSR count). The number of ether oxygens (including phenoxy) is 2. The van der Waals surface area contributed by atoms with Gasteiger partial charge in [0, 0.05) is 26.8 Å². The highest BCUT2D eigenvalue weighted by molar-refractivity contribution is 5.68. The van der Waals surface area contributed by atoms with Crippen molar-refractivity contribution in [3.05, 3.63) is 35.9 Å². The highest BCUT2D eigenvalue weighted by atomic mass is 16.6. The number of hydrogen-bond acceptors (Lipinski definition) is 4. The van der Waals surface area contributed by atoms with Gasteiger partial charge in [0.2, 0.25) is 0 Å². The quantitative estimate of drug-likeness (QED) is 0.720. The summed E-state index contributed by atoms with van der Waals surface area (Å²) in [4.78, 5) is 25.4. The fourth-order valence-corrected chi connectivity index (χ4v) is 3.78. The van der Waals surface area contributed by atoms with Gasteiger partial charge in [-0.3, -0.25) is 0 Å². The van der Waals surface area contributed by atoms with Crippen molar-refractivity contribution >= 4 is 12.2 Å². The third kappa shape index (κ3) is 7.93. The number of carbonyl (C=O) groups excluding carboxylic acids is 1. The summed E-state index contributed by atoms with van der Waals surface area (Å²) in [5.41, 5.74) is 0.530. The lowest BCUT2D eigenvalue weighted by Gasteiger charge is -2.37. The van der Waals surface area contributed by atoms with Crippen molar-refractivity contribution < 1.29 is 24.2 Å². The Labute approximate surface area is 173 Å². The highest BCUT2D eigenvalue weighted by Crippen LogP contribution is 2.29. The molecule has 2 amide bonds. The van der Waals surface area contributed by atoms with Crippen molar-refractivity contribution in [1.29, 1.82) is 0 Å². The molecule has 0 aromatic heterocycles. The van der Waals surface area contributed by atoms with Crippen LogP contribution in [0.1, 0.15) is 39.2 Å². The zero-order valence-corrected chi connectivity index (χ0v) is 17.9. The number of amides is 2. The molecule has 1 aromatic rings. The minimum atomic E-state index is -1.10. The largest absolute Gasteiger partial charge is 0.465 e. The lowest BCUT2D eigenvalue weighted by Crippen LogP contribution is -2.52. The molecule has 0 saturated carbocycles. The second kappa shape index (κ2) is 10.5. The summed E-state index contributed by atoms with van der Waals surface area (Å²) in [5.74, 6) is 0.214. The third-order valence-corrected chi connectivity index (χ3v) is 5.12. The van der Waals surface area contributed by atoms with Gasteiger partial charge < -0.3 is 24.8 Å². The van der Waals surface area contributed by atoms with Gasteiger partial charge in [0.15, 0.2) is 0 Å². The number of nitrogens with one attached hydrogen (secondary N) is 1. The van der Waals surface area contributed by atoms with Crippen LogP contribution in [0.15, 0.2) is 30.3 Å². The molecule has 0 bridgehead atoms. The van der Waals surface area contributed by atoms with Crippen LogP contribution in [0.5, 0.6) is 0 Å². The molecule has 1 heterocycles. The van der Waals surface area contributed by atoms with E-state index in [0.29, 0.717) is 13.0 Å². The molecule has 0 aliphatic carbocycles. The molecular formula is C22H34N2O5. The third-order valence-electron chi connectivity index (χ3n) is 5.12. The van der Waals surface area contributed by atoms with E-state index in [2.05, 4.69) is 5.32 Å². The number of hydrogen-bond donors (Lipinski definition) is 2. The first-order valence-electron chi connectivity index (χ1n) is 10.2. The fourth-order valence-electron chi connectivity index (χ4n) is 3.78. The highest BCUT2D eigenvalue weighted by Gasteiger charge is 2.34. The Morgan fingerprint density at radius 2 is 2.00 bits per heavy atom. The van der Waals surface area contributed by atoms with E-state index in [4.69, 9.17) is 9.47 Å². The second-order valence-corrected chi connectivity index (χ2v) is 8.75. The van der Waals surface area contributed by atoms with Gasteiger partial charge in [0.25, 0.3) is 0 Å². The normalized spacial score (nSPS) is 19.1. The van der Waals surface area contributed by atoms with Crippen molar-refractivity contribution in [3.8, 4) is 0 Å². The van der Waals surface area contributed by atoms with Crippen LogP contribution in [-0.2, 0) is 15.9 Å². The zero-order valence-electron chi connectivity index (χ0n) is 17.9. The molecule has 1 unspecified atom stereocenters. The summed E-state index contributed by atoms with van der Waals surface area (Å²) in [6, 6.07) is 9.59. The minimum absolute atomic E-state index is 0.00122. The average molecular weight is 407 g/mol. The number of benzene rings is 1. The first-order chi connectivity index (χ1) is 13.7. The molecule has 7 heteroatoms. The lowest BCUT2D eigenvalue weighted by atomic mass is 9.78. The van der Waals surface area contributed by atoms with Crippen LogP contribution in [0.4, 0.5) is 9.59 Å². The number of carbonyl (C=O) groups is 2. The zero-order chi connectivity index (χ0) is 21.4. The van der Waals surface area contributed by atoms with Crippen molar-refractivity contribution in [1.82, 2.24) is 10.2 Å². The lowest BCUT2D eigenvalue weighted by molar-refractivity contribution is 0.0111. The predicted molar refractivity (Wildman–Crippen MR) is 111 cm³/mol. The van der Waals surface area contributed by atoms with Crippen molar-refractivity contribution in [2.75, 3.05) is 26.8 Å². The van der Waals surface area contributed by atoms with Crippen LogP contribution < -0.4 is 5.32 Å². The summed E-state index contributed by atoms with van der Waals surface area (Å²) in [6.45, 7) is 7.00. The molecule has 1 aliphatic heterocycles. The monoisotopic (exact) mass is 406 g/mol. The predicted octanol–water partition coefficient (Wildman–Crippen LogP) is 3.78. The van der Waals surface area contributed by atoms with Crippen LogP contribution in [0.2, 0.25) is 0 Å².